The molecule has 2 aromatic carbocycles. The first-order valence-corrected chi connectivity index (χ1v) is 8.11. The number of ether oxygens (including phenoxy) is 1. The summed E-state index contributed by atoms with van der Waals surface area (Å²) >= 11 is 17.5. The third kappa shape index (κ3) is 5.16. The van der Waals surface area contributed by atoms with Crippen LogP contribution in [0.15, 0.2) is 36.4 Å². The van der Waals surface area contributed by atoms with Gasteiger partial charge >= 0.3 is 0 Å². The fourth-order valence-corrected chi connectivity index (χ4v) is 2.42. The summed E-state index contributed by atoms with van der Waals surface area (Å²) in [5.41, 5.74) is 4.28. The number of hydrazine groups is 1. The quantitative estimate of drug-likeness (QED) is 0.681. The van der Waals surface area contributed by atoms with Crippen molar-refractivity contribution in [1.82, 2.24) is 10.9 Å². The predicted octanol–water partition coefficient (Wildman–Crippen LogP) is 3.58. The van der Waals surface area contributed by atoms with E-state index in [-0.39, 0.29) is 27.1 Å². The van der Waals surface area contributed by atoms with Gasteiger partial charge < -0.3 is 9.84 Å². The summed E-state index contributed by atoms with van der Waals surface area (Å²) in [7, 11) is 0. The molecule has 9 heteroatoms. The molecule has 0 fully saturated rings. The zero-order valence-corrected chi connectivity index (χ0v) is 15.1. The molecule has 0 aliphatic rings. The van der Waals surface area contributed by atoms with Gasteiger partial charge in [0.05, 0.1) is 10.6 Å². The molecule has 132 valence electrons. The monoisotopic (exact) mass is 402 g/mol. The zero-order valence-electron chi connectivity index (χ0n) is 12.8. The van der Waals surface area contributed by atoms with Crippen LogP contribution in [0.25, 0.3) is 0 Å². The Morgan fingerprint density at radius 2 is 1.68 bits per heavy atom. The van der Waals surface area contributed by atoms with Crippen LogP contribution in [0.4, 0.5) is 0 Å². The number of carbonyl (C=O) groups is 2. The van der Waals surface area contributed by atoms with Crippen molar-refractivity contribution in [3.8, 4) is 11.5 Å². The van der Waals surface area contributed by atoms with Crippen LogP contribution in [-0.4, -0.2) is 23.0 Å². The smallest absolute Gasteiger partial charge is 0.279 e. The average molecular weight is 404 g/mol. The van der Waals surface area contributed by atoms with Gasteiger partial charge in [-0.2, -0.15) is 0 Å². The Balaban J connectivity index is 1.95. The summed E-state index contributed by atoms with van der Waals surface area (Å²) in [5, 5.41) is 10.6. The number of hydrogen-bond acceptors (Lipinski definition) is 4. The van der Waals surface area contributed by atoms with Gasteiger partial charge in [-0.3, -0.25) is 20.4 Å². The summed E-state index contributed by atoms with van der Waals surface area (Å²) in [5.74, 6) is -1.35. The highest BCUT2D eigenvalue weighted by atomic mass is 35.5. The molecule has 0 aliphatic heterocycles. The third-order valence-corrected chi connectivity index (χ3v) is 3.83. The van der Waals surface area contributed by atoms with E-state index in [1.807, 2.05) is 0 Å². The maximum Gasteiger partial charge on any atom is 0.279 e. The first-order valence-electron chi connectivity index (χ1n) is 6.98. The van der Waals surface area contributed by atoms with Crippen molar-refractivity contribution < 1.29 is 19.4 Å². The van der Waals surface area contributed by atoms with Gasteiger partial charge in [0, 0.05) is 10.0 Å². The molecule has 0 heterocycles. The van der Waals surface area contributed by atoms with Gasteiger partial charge in [0.15, 0.2) is 6.10 Å². The summed E-state index contributed by atoms with van der Waals surface area (Å²) in [4.78, 5) is 24.0. The van der Waals surface area contributed by atoms with Gasteiger partial charge in [0.2, 0.25) is 0 Å². The number of carbonyl (C=O) groups excluding carboxylic acids is 2. The molecule has 25 heavy (non-hydrogen) atoms. The second-order valence-corrected chi connectivity index (χ2v) is 6.22. The number of aromatic hydroxyl groups is 1. The van der Waals surface area contributed by atoms with Crippen molar-refractivity contribution in [2.45, 2.75) is 13.0 Å². The van der Waals surface area contributed by atoms with Crippen LogP contribution in [0.5, 0.6) is 11.5 Å². The SMILES string of the molecule is C[C@@H](Oc1ccc(Cl)cc1Cl)C(=O)NNC(=O)c1cc(Cl)ccc1O. The van der Waals surface area contributed by atoms with E-state index in [9.17, 15) is 14.7 Å². The van der Waals surface area contributed by atoms with Crippen LogP contribution in [0, 0.1) is 0 Å². The molecule has 3 N–H and O–H groups in total. The fourth-order valence-electron chi connectivity index (χ4n) is 1.79. The molecule has 1 atom stereocenters. The topological polar surface area (TPSA) is 87.7 Å². The largest absolute Gasteiger partial charge is 0.507 e. The van der Waals surface area contributed by atoms with Crippen molar-refractivity contribution in [2.24, 2.45) is 0 Å². The molecule has 2 amide bonds. The number of hydrogen-bond donors (Lipinski definition) is 3. The number of nitrogens with one attached hydrogen (secondary N) is 2. The number of rotatable bonds is 4. The lowest BCUT2D eigenvalue weighted by Crippen LogP contribution is -2.47. The molecule has 0 unspecified atom stereocenters. The van der Waals surface area contributed by atoms with E-state index in [1.165, 1.54) is 37.3 Å². The minimum Gasteiger partial charge on any atom is -0.507 e. The lowest BCUT2D eigenvalue weighted by Gasteiger charge is -2.16. The van der Waals surface area contributed by atoms with Gasteiger partial charge in [-0.25, -0.2) is 0 Å². The van der Waals surface area contributed by atoms with Gasteiger partial charge in [-0.1, -0.05) is 34.8 Å². The van der Waals surface area contributed by atoms with Crippen LogP contribution in [0.3, 0.4) is 0 Å². The number of benzene rings is 2. The Hall–Kier alpha value is -2.15. The molecule has 6 nitrogen and oxygen atoms in total. The minimum absolute atomic E-state index is 0.0814. The van der Waals surface area contributed by atoms with Crippen molar-refractivity contribution in [3.05, 3.63) is 57.0 Å². The van der Waals surface area contributed by atoms with Crippen LogP contribution in [0.1, 0.15) is 17.3 Å². The molecular weight excluding hydrogens is 391 g/mol. The molecule has 0 aromatic heterocycles. The van der Waals surface area contributed by atoms with Crippen molar-refractivity contribution in [1.29, 1.82) is 0 Å². The van der Waals surface area contributed by atoms with Crippen molar-refractivity contribution in [3.63, 3.8) is 0 Å². The maximum atomic E-state index is 12.0. The molecule has 0 saturated heterocycles. The van der Waals surface area contributed by atoms with Gasteiger partial charge in [0.1, 0.15) is 11.5 Å². The molecule has 0 aliphatic carbocycles. The van der Waals surface area contributed by atoms with E-state index in [1.54, 1.807) is 6.07 Å². The highest BCUT2D eigenvalue weighted by Crippen LogP contribution is 2.28. The average Bonchev–Trinajstić information content (AvgIpc) is 2.56. The Kier molecular flexibility index (Phi) is 6.36. The standard InChI is InChI=1S/C16H13Cl3N2O4/c1-8(25-14-5-3-10(18)7-12(14)19)15(23)20-21-16(24)11-6-9(17)2-4-13(11)22/h2-8,22H,1H3,(H,20,23)(H,21,24)/t8-/m1/s1. The van der Waals surface area contributed by atoms with E-state index in [0.717, 1.165) is 0 Å². The van der Waals surface area contributed by atoms with Crippen molar-refractivity contribution in [2.75, 3.05) is 0 Å². The maximum absolute atomic E-state index is 12.0. The van der Waals surface area contributed by atoms with Gasteiger partial charge in [0.25, 0.3) is 11.8 Å². The molecule has 0 saturated carbocycles. The lowest BCUT2D eigenvalue weighted by molar-refractivity contribution is -0.128. The molecule has 0 bridgehead atoms. The summed E-state index contributed by atoms with van der Waals surface area (Å²) in [6, 6.07) is 8.54. The minimum atomic E-state index is -0.952. The van der Waals surface area contributed by atoms with E-state index in [2.05, 4.69) is 10.9 Å². The van der Waals surface area contributed by atoms with Crippen LogP contribution >= 0.6 is 34.8 Å². The Labute approximate surface area is 158 Å². The molecule has 2 rings (SSSR count). The van der Waals surface area contributed by atoms with Gasteiger partial charge in [-0.15, -0.1) is 0 Å². The molecular formula is C16H13Cl3N2O4. The first kappa shape index (κ1) is 19.2. The Bertz CT molecular complexity index is 814. The van der Waals surface area contributed by atoms with E-state index < -0.39 is 17.9 Å². The molecule has 2 aromatic rings. The highest BCUT2D eigenvalue weighted by molar-refractivity contribution is 6.35. The number of amides is 2. The second-order valence-electron chi connectivity index (χ2n) is 4.94. The number of phenols is 1. The summed E-state index contributed by atoms with van der Waals surface area (Å²) < 4.78 is 5.42. The molecule has 0 spiro atoms. The third-order valence-electron chi connectivity index (χ3n) is 3.07. The van der Waals surface area contributed by atoms with E-state index in [4.69, 9.17) is 39.5 Å². The Morgan fingerprint density at radius 3 is 2.36 bits per heavy atom. The second kappa shape index (κ2) is 8.29. The molecule has 0 radical (unpaired) electrons. The van der Waals surface area contributed by atoms with E-state index in [0.29, 0.717) is 5.02 Å². The van der Waals surface area contributed by atoms with Crippen LogP contribution < -0.4 is 15.6 Å². The summed E-state index contributed by atoms with van der Waals surface area (Å²) in [6.07, 6.45) is -0.952. The fraction of sp³-hybridized carbons (Fsp3) is 0.125. The van der Waals surface area contributed by atoms with E-state index >= 15 is 0 Å². The lowest BCUT2D eigenvalue weighted by atomic mass is 10.2. The van der Waals surface area contributed by atoms with Crippen LogP contribution in [0.2, 0.25) is 15.1 Å². The zero-order chi connectivity index (χ0) is 18.6. The number of halogens is 3. The highest BCUT2D eigenvalue weighted by Gasteiger charge is 2.18. The normalized spacial score (nSPS) is 11.5. The van der Waals surface area contributed by atoms with Gasteiger partial charge in [-0.05, 0) is 43.3 Å². The summed E-state index contributed by atoms with van der Waals surface area (Å²) in [6.45, 7) is 1.48. The number of phenolic OH excluding ortho intramolecular Hbond substituents is 1. The van der Waals surface area contributed by atoms with Crippen LogP contribution in [-0.2, 0) is 4.79 Å². The van der Waals surface area contributed by atoms with Crippen molar-refractivity contribution >= 4 is 46.6 Å². The Morgan fingerprint density at radius 1 is 1.04 bits per heavy atom. The predicted molar refractivity (Wildman–Crippen MR) is 95.3 cm³/mol. The first-order chi connectivity index (χ1) is 11.8.